The van der Waals surface area contributed by atoms with E-state index in [1.54, 1.807) is 0 Å². The highest BCUT2D eigenvalue weighted by Crippen LogP contribution is 2.21. The molecular weight excluding hydrogens is 298 g/mol. The number of guanidine groups is 1. The molecule has 1 N–H and O–H groups in total. The maximum atomic E-state index is 5.93. The highest BCUT2D eigenvalue weighted by molar-refractivity contribution is 7.98. The van der Waals surface area contributed by atoms with Gasteiger partial charge in [0.05, 0.1) is 12.7 Å². The number of hydrogen-bond acceptors (Lipinski definition) is 4. The van der Waals surface area contributed by atoms with Gasteiger partial charge >= 0.3 is 0 Å². The number of nitrogens with one attached hydrogen (secondary N) is 1. The molecule has 0 aliphatic carbocycles. The highest BCUT2D eigenvalue weighted by Gasteiger charge is 2.32. The van der Waals surface area contributed by atoms with Crippen molar-refractivity contribution >= 4 is 17.7 Å². The molecular formula is C16H31N3O2S. The van der Waals surface area contributed by atoms with Crippen molar-refractivity contribution in [2.75, 3.05) is 51.4 Å². The number of morpholine rings is 1. The average molecular weight is 330 g/mol. The summed E-state index contributed by atoms with van der Waals surface area (Å²) < 4.78 is 11.7. The van der Waals surface area contributed by atoms with Crippen molar-refractivity contribution < 1.29 is 9.47 Å². The maximum absolute atomic E-state index is 5.93. The summed E-state index contributed by atoms with van der Waals surface area (Å²) in [7, 11) is 0. The topological polar surface area (TPSA) is 46.1 Å². The summed E-state index contributed by atoms with van der Waals surface area (Å²) >= 11 is 1.91. The molecule has 6 heteroatoms. The van der Waals surface area contributed by atoms with Gasteiger partial charge in [-0.1, -0.05) is 0 Å². The summed E-state index contributed by atoms with van der Waals surface area (Å²) in [5, 5.41) is 3.43. The van der Waals surface area contributed by atoms with E-state index in [1.165, 1.54) is 12.2 Å². The Morgan fingerprint density at radius 2 is 2.14 bits per heavy atom. The van der Waals surface area contributed by atoms with E-state index in [2.05, 4.69) is 23.4 Å². The molecule has 0 aromatic heterocycles. The predicted molar refractivity (Wildman–Crippen MR) is 93.9 cm³/mol. The lowest BCUT2D eigenvalue weighted by Gasteiger charge is -2.37. The molecule has 128 valence electrons. The van der Waals surface area contributed by atoms with E-state index < -0.39 is 0 Å². The summed E-state index contributed by atoms with van der Waals surface area (Å²) in [6.45, 7) is 7.40. The van der Waals surface area contributed by atoms with E-state index in [0.29, 0.717) is 0 Å². The van der Waals surface area contributed by atoms with Crippen LogP contribution in [-0.2, 0) is 9.47 Å². The molecule has 2 rings (SSSR count). The Balaban J connectivity index is 1.84. The highest BCUT2D eigenvalue weighted by atomic mass is 32.2. The molecule has 2 heterocycles. The molecule has 2 saturated heterocycles. The molecule has 22 heavy (non-hydrogen) atoms. The minimum absolute atomic E-state index is 0.191. The molecule has 2 atom stereocenters. The first-order chi connectivity index (χ1) is 10.8. The van der Waals surface area contributed by atoms with E-state index in [-0.39, 0.29) is 12.2 Å². The number of hydrogen-bond donors (Lipinski definition) is 1. The Bertz CT molecular complexity index is 335. The first-order valence-corrected chi connectivity index (χ1v) is 10.00. The molecule has 0 radical (unpaired) electrons. The molecule has 0 aromatic carbocycles. The number of unbranched alkanes of at least 4 members (excludes halogenated alkanes) is 1. The van der Waals surface area contributed by atoms with Crippen molar-refractivity contribution in [1.29, 1.82) is 0 Å². The van der Waals surface area contributed by atoms with Crippen LogP contribution in [0.4, 0.5) is 0 Å². The fraction of sp³-hybridized carbons (Fsp3) is 0.938. The van der Waals surface area contributed by atoms with Crippen LogP contribution in [0.25, 0.3) is 0 Å². The SMILES string of the molecule is CCNC(=NCCCCSC)N1CCOC(C2CCCO2)C1. The van der Waals surface area contributed by atoms with Gasteiger partial charge in [-0.05, 0) is 44.6 Å². The lowest BCUT2D eigenvalue weighted by atomic mass is 10.1. The van der Waals surface area contributed by atoms with Gasteiger partial charge in [-0.25, -0.2) is 0 Å². The monoisotopic (exact) mass is 329 g/mol. The van der Waals surface area contributed by atoms with E-state index in [4.69, 9.17) is 14.5 Å². The van der Waals surface area contributed by atoms with Crippen LogP contribution in [0.3, 0.4) is 0 Å². The van der Waals surface area contributed by atoms with Crippen molar-refractivity contribution in [3.8, 4) is 0 Å². The van der Waals surface area contributed by atoms with Crippen LogP contribution < -0.4 is 5.32 Å². The van der Waals surface area contributed by atoms with Crippen LogP contribution in [0.5, 0.6) is 0 Å². The van der Waals surface area contributed by atoms with E-state index >= 15 is 0 Å². The number of nitrogens with zero attached hydrogens (tertiary/aromatic N) is 2. The van der Waals surface area contributed by atoms with E-state index in [0.717, 1.165) is 64.6 Å². The molecule has 0 spiro atoms. The molecule has 0 saturated carbocycles. The van der Waals surface area contributed by atoms with Gasteiger partial charge in [0.1, 0.15) is 6.10 Å². The van der Waals surface area contributed by atoms with Crippen molar-refractivity contribution in [2.24, 2.45) is 4.99 Å². The van der Waals surface area contributed by atoms with Crippen LogP contribution in [0.2, 0.25) is 0 Å². The van der Waals surface area contributed by atoms with Crippen molar-refractivity contribution in [3.05, 3.63) is 0 Å². The maximum Gasteiger partial charge on any atom is 0.194 e. The van der Waals surface area contributed by atoms with Crippen molar-refractivity contribution in [2.45, 2.75) is 44.8 Å². The van der Waals surface area contributed by atoms with Gasteiger partial charge in [-0.2, -0.15) is 11.8 Å². The molecule has 2 unspecified atom stereocenters. The normalized spacial score (nSPS) is 26.5. The Morgan fingerprint density at radius 3 is 2.86 bits per heavy atom. The molecule has 2 aliphatic heterocycles. The zero-order valence-electron chi connectivity index (χ0n) is 14.1. The summed E-state index contributed by atoms with van der Waals surface area (Å²) in [6, 6.07) is 0. The second-order valence-electron chi connectivity index (χ2n) is 5.84. The zero-order valence-corrected chi connectivity index (χ0v) is 14.9. The molecule has 2 aliphatic rings. The Kier molecular flexibility index (Phi) is 8.41. The van der Waals surface area contributed by atoms with E-state index in [9.17, 15) is 0 Å². The lowest BCUT2D eigenvalue weighted by molar-refractivity contribution is -0.0817. The standard InChI is InChI=1S/C16H31N3O2S/c1-3-17-16(18-8-4-5-12-22-2)19-9-11-21-15(13-19)14-7-6-10-20-14/h14-15H,3-13H2,1-2H3,(H,17,18). The Morgan fingerprint density at radius 1 is 1.27 bits per heavy atom. The quantitative estimate of drug-likeness (QED) is 0.440. The van der Waals surface area contributed by atoms with Gasteiger partial charge in [0.25, 0.3) is 0 Å². The predicted octanol–water partition coefficient (Wildman–Crippen LogP) is 1.97. The minimum atomic E-state index is 0.191. The molecule has 2 fully saturated rings. The summed E-state index contributed by atoms with van der Waals surface area (Å²) in [5.74, 6) is 2.27. The summed E-state index contributed by atoms with van der Waals surface area (Å²) in [6.07, 6.45) is 7.31. The third kappa shape index (κ3) is 5.63. The van der Waals surface area contributed by atoms with Gasteiger partial charge < -0.3 is 19.7 Å². The van der Waals surface area contributed by atoms with E-state index in [1.807, 2.05) is 11.8 Å². The fourth-order valence-corrected chi connectivity index (χ4v) is 3.45. The molecule has 5 nitrogen and oxygen atoms in total. The first kappa shape index (κ1) is 17.9. The summed E-state index contributed by atoms with van der Waals surface area (Å²) in [5.41, 5.74) is 0. The van der Waals surface area contributed by atoms with Crippen LogP contribution in [0.15, 0.2) is 4.99 Å². The number of ether oxygens (including phenoxy) is 2. The second kappa shape index (κ2) is 10.3. The number of aliphatic imine (C=N–C) groups is 1. The van der Waals surface area contributed by atoms with Crippen LogP contribution >= 0.6 is 11.8 Å². The largest absolute Gasteiger partial charge is 0.375 e. The summed E-state index contributed by atoms with van der Waals surface area (Å²) in [4.78, 5) is 7.14. The lowest BCUT2D eigenvalue weighted by Crippen LogP contribution is -2.53. The molecule has 0 aromatic rings. The zero-order chi connectivity index (χ0) is 15.6. The van der Waals surface area contributed by atoms with Crippen LogP contribution in [0, 0.1) is 0 Å². The smallest absolute Gasteiger partial charge is 0.194 e. The first-order valence-electron chi connectivity index (χ1n) is 8.60. The van der Waals surface area contributed by atoms with Gasteiger partial charge in [0.2, 0.25) is 0 Å². The van der Waals surface area contributed by atoms with Gasteiger partial charge in [-0.3, -0.25) is 4.99 Å². The van der Waals surface area contributed by atoms with Gasteiger partial charge in [0, 0.05) is 32.8 Å². The van der Waals surface area contributed by atoms with Crippen molar-refractivity contribution in [1.82, 2.24) is 10.2 Å². The third-order valence-electron chi connectivity index (χ3n) is 4.13. The van der Waals surface area contributed by atoms with Crippen LogP contribution in [-0.4, -0.2) is 74.5 Å². The van der Waals surface area contributed by atoms with Crippen molar-refractivity contribution in [3.63, 3.8) is 0 Å². The Labute approximate surface area is 139 Å². The fourth-order valence-electron chi connectivity index (χ4n) is 2.96. The Hall–Kier alpha value is -0.460. The van der Waals surface area contributed by atoms with Crippen LogP contribution in [0.1, 0.15) is 32.6 Å². The van der Waals surface area contributed by atoms with Gasteiger partial charge in [0.15, 0.2) is 5.96 Å². The van der Waals surface area contributed by atoms with Gasteiger partial charge in [-0.15, -0.1) is 0 Å². The number of thioether (sulfide) groups is 1. The third-order valence-corrected chi connectivity index (χ3v) is 4.82. The average Bonchev–Trinajstić information content (AvgIpc) is 3.08. The molecule has 0 amide bonds. The molecule has 0 bridgehead atoms. The minimum Gasteiger partial charge on any atom is -0.375 e. The number of rotatable bonds is 7. The second-order valence-corrected chi connectivity index (χ2v) is 6.83.